The van der Waals surface area contributed by atoms with E-state index in [2.05, 4.69) is 0 Å². The first-order valence-corrected chi connectivity index (χ1v) is 60.9. The van der Waals surface area contributed by atoms with Gasteiger partial charge in [0.05, 0.1) is 0 Å². The van der Waals surface area contributed by atoms with E-state index in [4.69, 9.17) is 0 Å². The largest absolute Gasteiger partial charge is 0.0533 e. The van der Waals surface area contributed by atoms with Crippen molar-refractivity contribution in [3.05, 3.63) is 0 Å². The Morgan fingerprint density at radius 2 is 0.244 bits per heavy atom. The molecule has 0 N–H and O–H groups in total. The van der Waals surface area contributed by atoms with Gasteiger partial charge in [-0.2, -0.15) is 0 Å². The molecule has 0 bridgehead atoms. The van der Waals surface area contributed by atoms with E-state index in [9.17, 15) is 0 Å². The fraction of sp³-hybridized carbons (Fsp3) is 1.00. The molecule has 0 heterocycles. The van der Waals surface area contributed by atoms with E-state index in [0.29, 0.717) is 0 Å². The van der Waals surface area contributed by atoms with Crippen LogP contribution in [-0.4, -0.2) is 0 Å². The molecule has 700 valence electrons. The predicted octanol–water partition coefficient (Wildman–Crippen LogP) is 38.3. The zero-order chi connectivity index (χ0) is 82.2. The monoisotopic (exact) mass is 1690 g/mol. The summed E-state index contributed by atoms with van der Waals surface area (Å²) < 4.78 is 0. The van der Waals surface area contributed by atoms with Crippen LogP contribution in [-0.2, 0) is 0 Å². The quantitative estimate of drug-likeness (QED) is 0.227. The molecule has 0 radical (unpaired) electrons. The molecule has 0 aromatic rings. The average Bonchev–Trinajstić information content (AvgIpc) is 1.62. The van der Waals surface area contributed by atoms with Gasteiger partial charge in [-0.1, -0.05) is 308 Å². The maximum atomic E-state index is 1.64. The molecule has 28 fully saturated rings. The van der Waals surface area contributed by atoms with Gasteiger partial charge in [0.2, 0.25) is 0 Å². The van der Waals surface area contributed by atoms with E-state index in [0.717, 1.165) is 75.4 Å². The highest BCUT2D eigenvalue weighted by Crippen LogP contribution is 2.66. The van der Waals surface area contributed by atoms with Gasteiger partial charge < -0.3 is 0 Å². The number of fused-ring (bicyclic) bond motifs is 23. The van der Waals surface area contributed by atoms with E-state index >= 15 is 0 Å². The van der Waals surface area contributed by atoms with Crippen LogP contribution in [0.2, 0.25) is 0 Å². The minimum absolute atomic E-state index is 0.858. The molecule has 0 saturated heterocycles. The molecule has 0 heteroatoms. The number of hydrogen-bond donors (Lipinski definition) is 0. The van der Waals surface area contributed by atoms with Gasteiger partial charge in [0.25, 0.3) is 0 Å². The van der Waals surface area contributed by atoms with Gasteiger partial charge in [-0.15, -0.1) is 0 Å². The molecule has 0 amide bonds. The molecule has 30 unspecified atom stereocenters. The lowest BCUT2D eigenvalue weighted by atomic mass is 9.48. The summed E-state index contributed by atoms with van der Waals surface area (Å²) in [7, 11) is 0. The van der Waals surface area contributed by atoms with Crippen molar-refractivity contribution in [1.82, 2.24) is 0 Å². The lowest BCUT2D eigenvalue weighted by Gasteiger charge is -2.57. The predicted molar refractivity (Wildman–Crippen MR) is 525 cm³/mol. The van der Waals surface area contributed by atoms with Crippen LogP contribution < -0.4 is 0 Å². The molecule has 3 spiro atoms. The summed E-state index contributed by atoms with van der Waals surface area (Å²) >= 11 is 0. The van der Waals surface area contributed by atoms with Gasteiger partial charge >= 0.3 is 0 Å². The summed E-state index contributed by atoms with van der Waals surface area (Å²) in [5, 5.41) is 0. The van der Waals surface area contributed by atoms with Crippen LogP contribution in [0.25, 0.3) is 0 Å². The normalized spacial score (nSPS) is 47.6. The molecule has 28 aliphatic carbocycles. The minimum Gasteiger partial charge on any atom is -0.0533 e. The Bertz CT molecular complexity index is 2920. The first-order chi connectivity index (χ1) is 60.9. The van der Waals surface area contributed by atoms with Crippen LogP contribution in [0, 0.1) is 206 Å². The van der Waals surface area contributed by atoms with Crippen LogP contribution in [0.15, 0.2) is 0 Å². The van der Waals surface area contributed by atoms with Crippen LogP contribution in [0.5, 0.6) is 0 Å². The van der Waals surface area contributed by atoms with E-state index in [1.807, 2.05) is 0 Å². The molecule has 0 nitrogen and oxygen atoms in total. The van der Waals surface area contributed by atoms with Crippen molar-refractivity contribution in [3.63, 3.8) is 0 Å². The molecule has 0 aliphatic heterocycles. The maximum absolute atomic E-state index is 1.64. The van der Waals surface area contributed by atoms with Crippen molar-refractivity contribution in [2.24, 2.45) is 206 Å². The molecule has 0 aromatic heterocycles. The molecule has 123 heavy (non-hydrogen) atoms. The highest BCUT2D eigenvalue weighted by molar-refractivity contribution is 5.06. The summed E-state index contributed by atoms with van der Waals surface area (Å²) in [5.74, 6) is 37.4. The maximum Gasteiger partial charge on any atom is -0.0297 e. The van der Waals surface area contributed by atoms with E-state index in [1.54, 1.807) is 475 Å². The molecular formula is C123H208. The van der Waals surface area contributed by atoms with Crippen molar-refractivity contribution in [3.8, 4) is 0 Å². The van der Waals surface area contributed by atoms with Crippen LogP contribution in [0.3, 0.4) is 0 Å². The van der Waals surface area contributed by atoms with Gasteiger partial charge in [0.15, 0.2) is 0 Å². The van der Waals surface area contributed by atoms with Crippen molar-refractivity contribution in [1.29, 1.82) is 0 Å². The molecule has 30 atom stereocenters. The van der Waals surface area contributed by atoms with Gasteiger partial charge in [-0.3, -0.25) is 0 Å². The zero-order valence-electron chi connectivity index (χ0n) is 82.2. The van der Waals surface area contributed by atoms with Gasteiger partial charge in [0.1, 0.15) is 0 Å². The topological polar surface area (TPSA) is 0 Å². The molecular weight excluding hydrogens is 1480 g/mol. The van der Waals surface area contributed by atoms with Gasteiger partial charge in [-0.25, -0.2) is 0 Å². The smallest absolute Gasteiger partial charge is 0.0297 e. The molecule has 28 saturated carbocycles. The van der Waals surface area contributed by atoms with Crippen LogP contribution in [0.1, 0.15) is 565 Å². The second kappa shape index (κ2) is 43.8. The summed E-state index contributed by atoms with van der Waals surface area (Å²) in [6, 6.07) is 0. The average molecular weight is 1690 g/mol. The SMILES string of the molecule is C1CC2CCCC2C2CC2C1.C1CC2CCCC3CCC(C1)C23.C1CCC2(CC1)CC2.C1CCC2(CC1)CCCC2.C1CCC2(CC1)CCCCC2.C1CCC2C(C1)CCC1C2CCC2C3CCCCC3CCC21.C1CCC2C(C1)CCC1C3CCCC3CCC21.C1CCC2C(C1)CCC1C3CCCCC3CCC21.C1CCC2C(C1)CCC1CCCCC12. The Labute approximate surface area is 765 Å². The zero-order valence-corrected chi connectivity index (χ0v) is 82.2. The fourth-order valence-corrected chi connectivity index (χ4v) is 42.5. The Morgan fingerprint density at radius 3 is 0.520 bits per heavy atom. The Balaban J connectivity index is 0.0000000891. The van der Waals surface area contributed by atoms with E-state index in [-0.39, 0.29) is 0 Å². The number of rotatable bonds is 0. The second-order valence-corrected chi connectivity index (χ2v) is 53.9. The Hall–Kier alpha value is 0. The van der Waals surface area contributed by atoms with Crippen LogP contribution >= 0.6 is 0 Å². The molecule has 28 rings (SSSR count). The first-order valence-electron chi connectivity index (χ1n) is 60.9. The van der Waals surface area contributed by atoms with Crippen molar-refractivity contribution in [2.45, 2.75) is 565 Å². The third kappa shape index (κ3) is 21.8. The van der Waals surface area contributed by atoms with Gasteiger partial charge in [-0.05, 0) is 462 Å². The second-order valence-electron chi connectivity index (χ2n) is 53.9. The van der Waals surface area contributed by atoms with Gasteiger partial charge in [0, 0.05) is 0 Å². The first kappa shape index (κ1) is 90.8. The third-order valence-corrected chi connectivity index (χ3v) is 48.6. The third-order valence-electron chi connectivity index (χ3n) is 48.6. The molecule has 28 aliphatic rings. The minimum atomic E-state index is 0.858. The summed E-state index contributed by atoms with van der Waals surface area (Å²) in [6.45, 7) is 0. The molecule has 0 aromatic carbocycles. The van der Waals surface area contributed by atoms with Crippen molar-refractivity contribution >= 4 is 0 Å². The standard InChI is InChI=1S/C22H36.C18H30.C17H28.C14H24.C12H20.C11H18.C11H20.C10H18.C8H14/c1-3-7-17-15(5-1)9-11-21-19(17)13-14-20-18-8-4-2-6-16(18)10-12-22(20)21;1-3-7-15-13(5-1)9-11-18-16-8-4-2-6-14(16)10-12-17(15)18;1-2-6-14-12(4-1)8-10-17-15-7-3-5-13(15)9-11-16(14)17;1-3-7-13-11(5-1)9-10-12-6-2-4-8-14(12)13;1-3-9-4-2-6-11-8-7-10(5-1)12(9)11;1-3-8-4-2-6-10(8)11-7-9(11)5-1;1-3-7-11(8-4-1)9-5-2-6-10-11;1-2-6-10(7-3-1)8-4-5-9-10;1-2-4-8(5-3-1)6-7-8/h15-22H,1-14H2;13-18H,1-12H2;12-17H,1-11H2;11-14H,1-10H2;9-12H,1-8H2;8-11H,1-7H2;1-10H2;1-9H2;1-7H2. The van der Waals surface area contributed by atoms with Crippen LogP contribution in [0.4, 0.5) is 0 Å². The summed E-state index contributed by atoms with van der Waals surface area (Å²) in [5.41, 5.74) is 2.66. The summed E-state index contributed by atoms with van der Waals surface area (Å²) in [4.78, 5) is 0. The van der Waals surface area contributed by atoms with E-state index in [1.165, 1.54) is 220 Å². The summed E-state index contributed by atoms with van der Waals surface area (Å²) in [6.07, 6.45) is 138. The number of hydrogen-bond acceptors (Lipinski definition) is 0. The highest BCUT2D eigenvalue weighted by atomic mass is 14.6. The van der Waals surface area contributed by atoms with Crippen molar-refractivity contribution < 1.29 is 0 Å². The Kier molecular flexibility index (Phi) is 32.3. The van der Waals surface area contributed by atoms with E-state index < -0.39 is 0 Å². The Morgan fingerprint density at radius 1 is 0.0894 bits per heavy atom. The fourth-order valence-electron chi connectivity index (χ4n) is 42.5. The van der Waals surface area contributed by atoms with Crippen molar-refractivity contribution in [2.75, 3.05) is 0 Å². The highest BCUT2D eigenvalue weighted by Gasteiger charge is 2.56. The lowest BCUT2D eigenvalue weighted by Crippen LogP contribution is -2.49. The lowest BCUT2D eigenvalue weighted by molar-refractivity contribution is -0.0786.